The number of hydrogen-bond donors (Lipinski definition) is 5. The van der Waals surface area contributed by atoms with E-state index < -0.39 is 48.1 Å². The van der Waals surface area contributed by atoms with E-state index in [2.05, 4.69) is 0 Å². The molecule has 1 aliphatic heterocycles. The van der Waals surface area contributed by atoms with Crippen LogP contribution in [0.3, 0.4) is 0 Å². The molecule has 0 bridgehead atoms. The third-order valence-electron chi connectivity index (χ3n) is 4.09. The molecule has 2 heterocycles. The van der Waals surface area contributed by atoms with Crippen LogP contribution >= 0.6 is 0 Å². The summed E-state index contributed by atoms with van der Waals surface area (Å²) in [6.45, 7) is 1.63. The zero-order valence-corrected chi connectivity index (χ0v) is 13.4. The predicted molar refractivity (Wildman–Crippen MR) is 83.8 cm³/mol. The molecule has 1 aromatic carbocycles. The first-order chi connectivity index (χ1) is 12.2. The van der Waals surface area contributed by atoms with Gasteiger partial charge in [-0.15, -0.1) is 0 Å². The van der Waals surface area contributed by atoms with Gasteiger partial charge in [0.15, 0.2) is 17.6 Å². The molecule has 10 heteroatoms. The van der Waals surface area contributed by atoms with E-state index in [0.717, 1.165) is 6.07 Å². The average Bonchev–Trinajstić information content (AvgIpc) is 2.55. The summed E-state index contributed by atoms with van der Waals surface area (Å²) in [5, 5.41) is 48.9. The second kappa shape index (κ2) is 6.57. The summed E-state index contributed by atoms with van der Waals surface area (Å²) in [7, 11) is 0. The minimum Gasteiger partial charge on any atom is -0.504 e. The van der Waals surface area contributed by atoms with E-state index in [1.54, 1.807) is 6.92 Å². The molecule has 0 aliphatic carbocycles. The monoisotopic (exact) mass is 368 g/mol. The standard InChI is InChI=1S/C16H16O10/c1-5-2-10(18)24-8-4-7(17)9(3-6(5)8)25-16-13(21)11(19)12(20)14(26-16)15(22)23/h2-4,11-14,16-17,19-21H,1H3,(H,22,23)/t11-,12-,13+,14-,16+/m0/s1. The minimum atomic E-state index is -1.86. The van der Waals surface area contributed by atoms with Crippen molar-refractivity contribution in [1.82, 2.24) is 0 Å². The summed E-state index contributed by atoms with van der Waals surface area (Å²) >= 11 is 0. The number of hydrogen-bond acceptors (Lipinski definition) is 9. The SMILES string of the molecule is Cc1cc(=O)oc2cc(O)c(O[C@@H]3O[C@H](C(=O)O)[C@@H](O)[C@H](O)[C@H]3O)cc12. The number of aliphatic hydroxyl groups excluding tert-OH is 3. The fraction of sp³-hybridized carbons (Fsp3) is 0.375. The zero-order chi connectivity index (χ0) is 19.2. The topological polar surface area (TPSA) is 167 Å². The molecule has 26 heavy (non-hydrogen) atoms. The highest BCUT2D eigenvalue weighted by atomic mass is 16.7. The molecule has 1 aromatic heterocycles. The van der Waals surface area contributed by atoms with Crippen LogP contribution in [0.5, 0.6) is 11.5 Å². The van der Waals surface area contributed by atoms with Crippen molar-refractivity contribution in [2.24, 2.45) is 0 Å². The summed E-state index contributed by atoms with van der Waals surface area (Å²) in [6, 6.07) is 3.66. The van der Waals surface area contributed by atoms with Crippen LogP contribution in [0.1, 0.15) is 5.56 Å². The van der Waals surface area contributed by atoms with Gasteiger partial charge in [0.25, 0.3) is 0 Å². The molecule has 5 N–H and O–H groups in total. The van der Waals surface area contributed by atoms with Gasteiger partial charge in [-0.3, -0.25) is 0 Å². The summed E-state index contributed by atoms with van der Waals surface area (Å²) in [6.07, 6.45) is -8.97. The number of carboxylic acid groups (broad SMARTS) is 1. The highest BCUT2D eigenvalue weighted by Gasteiger charge is 2.48. The molecule has 1 saturated heterocycles. The van der Waals surface area contributed by atoms with Crippen LogP contribution in [0.15, 0.2) is 27.4 Å². The molecule has 5 atom stereocenters. The Balaban J connectivity index is 1.96. The highest BCUT2D eigenvalue weighted by Crippen LogP contribution is 2.34. The van der Waals surface area contributed by atoms with Crippen LogP contribution in [0, 0.1) is 6.92 Å². The van der Waals surface area contributed by atoms with Crippen molar-refractivity contribution in [3.8, 4) is 11.5 Å². The van der Waals surface area contributed by atoms with Gasteiger partial charge in [-0.2, -0.15) is 0 Å². The molecule has 0 spiro atoms. The normalized spacial score (nSPS) is 28.8. The number of phenols is 1. The van der Waals surface area contributed by atoms with Gasteiger partial charge in [0.2, 0.25) is 6.29 Å². The maximum Gasteiger partial charge on any atom is 0.336 e. The Kier molecular flexibility index (Phi) is 4.59. The first kappa shape index (κ1) is 18.1. The molecule has 0 unspecified atom stereocenters. The quantitative estimate of drug-likeness (QED) is 0.427. The molecular weight excluding hydrogens is 352 g/mol. The van der Waals surface area contributed by atoms with Gasteiger partial charge in [-0.05, 0) is 18.6 Å². The number of fused-ring (bicyclic) bond motifs is 1. The first-order valence-corrected chi connectivity index (χ1v) is 7.55. The number of aliphatic carboxylic acids is 1. The average molecular weight is 368 g/mol. The summed E-state index contributed by atoms with van der Waals surface area (Å²) in [5.74, 6) is -2.22. The van der Waals surface area contributed by atoms with Gasteiger partial charge in [-0.1, -0.05) is 0 Å². The van der Waals surface area contributed by atoms with Crippen LogP contribution in [-0.4, -0.2) is 62.2 Å². The van der Waals surface area contributed by atoms with E-state index in [9.17, 15) is 30.0 Å². The fourth-order valence-corrected chi connectivity index (χ4v) is 2.70. The van der Waals surface area contributed by atoms with Crippen molar-refractivity contribution in [3.05, 3.63) is 34.2 Å². The molecule has 1 aliphatic rings. The maximum atomic E-state index is 11.4. The van der Waals surface area contributed by atoms with E-state index in [1.165, 1.54) is 12.1 Å². The lowest BCUT2D eigenvalue weighted by Gasteiger charge is -2.38. The lowest BCUT2D eigenvalue weighted by Crippen LogP contribution is -2.61. The van der Waals surface area contributed by atoms with E-state index >= 15 is 0 Å². The number of carboxylic acids is 1. The van der Waals surface area contributed by atoms with Crippen molar-refractivity contribution in [3.63, 3.8) is 0 Å². The Bertz CT molecular complexity index is 904. The van der Waals surface area contributed by atoms with Crippen molar-refractivity contribution < 1.29 is 44.2 Å². The first-order valence-electron chi connectivity index (χ1n) is 7.55. The van der Waals surface area contributed by atoms with E-state index in [0.29, 0.717) is 10.9 Å². The Hall–Kier alpha value is -2.66. The van der Waals surface area contributed by atoms with Crippen molar-refractivity contribution >= 4 is 16.9 Å². The van der Waals surface area contributed by atoms with E-state index in [1.807, 2.05) is 0 Å². The van der Waals surface area contributed by atoms with Gasteiger partial charge in [-0.25, -0.2) is 9.59 Å². The fourth-order valence-electron chi connectivity index (χ4n) is 2.70. The van der Waals surface area contributed by atoms with E-state index in [4.69, 9.17) is 19.0 Å². The Morgan fingerprint density at radius 2 is 1.81 bits per heavy atom. The molecule has 0 amide bonds. The number of aromatic hydroxyl groups is 1. The van der Waals surface area contributed by atoms with E-state index in [-0.39, 0.29) is 11.3 Å². The number of benzene rings is 1. The number of ether oxygens (including phenoxy) is 2. The van der Waals surface area contributed by atoms with Gasteiger partial charge in [0, 0.05) is 17.5 Å². The van der Waals surface area contributed by atoms with Gasteiger partial charge in [0.1, 0.15) is 23.9 Å². The van der Waals surface area contributed by atoms with Crippen LogP contribution in [0.25, 0.3) is 11.0 Å². The zero-order valence-electron chi connectivity index (χ0n) is 13.4. The maximum absolute atomic E-state index is 11.4. The third kappa shape index (κ3) is 3.10. The minimum absolute atomic E-state index is 0.101. The predicted octanol–water partition coefficient (Wildman–Crippen LogP) is -0.922. The molecule has 1 fully saturated rings. The number of aryl methyl sites for hydroxylation is 1. The number of aliphatic hydroxyl groups is 3. The van der Waals surface area contributed by atoms with Crippen molar-refractivity contribution in [2.75, 3.05) is 0 Å². The second-order valence-electron chi connectivity index (χ2n) is 5.92. The lowest BCUT2D eigenvalue weighted by molar-refractivity contribution is -0.271. The number of phenolic OH excluding ortho intramolecular Hbond substituents is 1. The van der Waals surface area contributed by atoms with Crippen LogP contribution in [0.2, 0.25) is 0 Å². The summed E-state index contributed by atoms with van der Waals surface area (Å²) in [5.41, 5.74) is 0.0319. The second-order valence-corrected chi connectivity index (χ2v) is 5.92. The lowest BCUT2D eigenvalue weighted by atomic mass is 9.99. The number of carbonyl (C=O) groups is 1. The molecule has 140 valence electrons. The van der Waals surface area contributed by atoms with Crippen LogP contribution in [0.4, 0.5) is 0 Å². The van der Waals surface area contributed by atoms with Gasteiger partial charge >= 0.3 is 11.6 Å². The van der Waals surface area contributed by atoms with Crippen molar-refractivity contribution in [1.29, 1.82) is 0 Å². The molecule has 0 saturated carbocycles. The smallest absolute Gasteiger partial charge is 0.336 e. The molecule has 3 rings (SSSR count). The molecule has 0 radical (unpaired) electrons. The van der Waals surface area contributed by atoms with Crippen LogP contribution in [-0.2, 0) is 9.53 Å². The molecular formula is C16H16O10. The summed E-state index contributed by atoms with van der Waals surface area (Å²) < 4.78 is 15.3. The number of rotatable bonds is 3. The Morgan fingerprint density at radius 3 is 2.46 bits per heavy atom. The Labute approximate surface area is 145 Å². The van der Waals surface area contributed by atoms with Gasteiger partial charge < -0.3 is 39.4 Å². The largest absolute Gasteiger partial charge is 0.504 e. The molecule has 10 nitrogen and oxygen atoms in total. The summed E-state index contributed by atoms with van der Waals surface area (Å²) in [4.78, 5) is 22.5. The molecule has 2 aromatic rings. The van der Waals surface area contributed by atoms with Crippen molar-refractivity contribution in [2.45, 2.75) is 37.6 Å². The Morgan fingerprint density at radius 1 is 1.12 bits per heavy atom. The van der Waals surface area contributed by atoms with Crippen LogP contribution < -0.4 is 10.4 Å². The highest BCUT2D eigenvalue weighted by molar-refractivity contribution is 5.83. The van der Waals surface area contributed by atoms with Gasteiger partial charge in [0.05, 0.1) is 0 Å². The third-order valence-corrected chi connectivity index (χ3v) is 4.09.